The standard InChI is InChI=1S/C11H20N2O4S/c1-17-8-11(4-6-12-7-5-11)10(14)13-18(15,16)9-2-3-9/h9,12H,2-8H2,1H3,(H,13,14). The van der Waals surface area contributed by atoms with Crippen LogP contribution in [0.25, 0.3) is 0 Å². The summed E-state index contributed by atoms with van der Waals surface area (Å²) in [6, 6.07) is 0. The van der Waals surface area contributed by atoms with E-state index in [-0.39, 0.29) is 11.9 Å². The largest absolute Gasteiger partial charge is 0.384 e. The van der Waals surface area contributed by atoms with Crippen LogP contribution in [0.3, 0.4) is 0 Å². The van der Waals surface area contributed by atoms with Crippen LogP contribution in [0.5, 0.6) is 0 Å². The van der Waals surface area contributed by atoms with Crippen molar-refractivity contribution in [2.75, 3.05) is 26.8 Å². The van der Waals surface area contributed by atoms with Gasteiger partial charge in [0.1, 0.15) is 0 Å². The molecule has 0 aromatic carbocycles. The SMILES string of the molecule is COCC1(C(=O)NS(=O)(=O)C2CC2)CCNCC1. The maximum Gasteiger partial charge on any atom is 0.242 e. The number of amides is 1. The first kappa shape index (κ1) is 13.8. The van der Waals surface area contributed by atoms with Crippen LogP contribution in [-0.4, -0.2) is 46.4 Å². The number of hydrogen-bond donors (Lipinski definition) is 2. The van der Waals surface area contributed by atoms with E-state index in [0.29, 0.717) is 38.8 Å². The van der Waals surface area contributed by atoms with Gasteiger partial charge in [0, 0.05) is 7.11 Å². The Morgan fingerprint density at radius 3 is 2.50 bits per heavy atom. The van der Waals surface area contributed by atoms with Crippen LogP contribution in [-0.2, 0) is 19.6 Å². The van der Waals surface area contributed by atoms with E-state index in [0.717, 1.165) is 0 Å². The van der Waals surface area contributed by atoms with E-state index < -0.39 is 21.3 Å². The lowest BCUT2D eigenvalue weighted by Crippen LogP contribution is -2.51. The summed E-state index contributed by atoms with van der Waals surface area (Å²) >= 11 is 0. The van der Waals surface area contributed by atoms with E-state index in [9.17, 15) is 13.2 Å². The van der Waals surface area contributed by atoms with E-state index in [4.69, 9.17) is 4.74 Å². The van der Waals surface area contributed by atoms with Crippen LogP contribution in [0.4, 0.5) is 0 Å². The second-order valence-electron chi connectivity index (χ2n) is 5.14. The fraction of sp³-hybridized carbons (Fsp3) is 0.909. The van der Waals surface area contributed by atoms with Gasteiger partial charge in [0.2, 0.25) is 15.9 Å². The number of hydrogen-bond acceptors (Lipinski definition) is 5. The van der Waals surface area contributed by atoms with E-state index in [1.165, 1.54) is 7.11 Å². The average Bonchev–Trinajstić information content (AvgIpc) is 3.14. The van der Waals surface area contributed by atoms with Crippen molar-refractivity contribution < 1.29 is 17.9 Å². The lowest BCUT2D eigenvalue weighted by Gasteiger charge is -2.35. The highest BCUT2D eigenvalue weighted by Gasteiger charge is 2.44. The minimum absolute atomic E-state index is 0.265. The molecule has 0 aromatic heterocycles. The Kier molecular flexibility index (Phi) is 3.93. The van der Waals surface area contributed by atoms with Gasteiger partial charge in [-0.3, -0.25) is 9.52 Å². The van der Waals surface area contributed by atoms with Gasteiger partial charge in [-0.25, -0.2) is 8.42 Å². The first-order chi connectivity index (χ1) is 8.50. The van der Waals surface area contributed by atoms with Crippen molar-refractivity contribution >= 4 is 15.9 Å². The Morgan fingerprint density at radius 1 is 1.39 bits per heavy atom. The van der Waals surface area contributed by atoms with Crippen LogP contribution in [0, 0.1) is 5.41 Å². The van der Waals surface area contributed by atoms with Gasteiger partial charge in [0.15, 0.2) is 0 Å². The van der Waals surface area contributed by atoms with Gasteiger partial charge in [0.25, 0.3) is 0 Å². The third kappa shape index (κ3) is 2.84. The third-order valence-corrected chi connectivity index (χ3v) is 5.48. The number of methoxy groups -OCH3 is 1. The highest BCUT2D eigenvalue weighted by Crippen LogP contribution is 2.32. The molecule has 1 aliphatic carbocycles. The quantitative estimate of drug-likeness (QED) is 0.714. The Morgan fingerprint density at radius 2 is 2.00 bits per heavy atom. The minimum atomic E-state index is -3.47. The second kappa shape index (κ2) is 5.14. The molecule has 1 saturated heterocycles. The average molecular weight is 276 g/mol. The van der Waals surface area contributed by atoms with E-state index in [1.807, 2.05) is 0 Å². The molecule has 2 aliphatic rings. The zero-order valence-corrected chi connectivity index (χ0v) is 11.4. The summed E-state index contributed by atoms with van der Waals surface area (Å²) in [5.74, 6) is -0.405. The molecule has 7 heteroatoms. The number of piperidine rings is 1. The highest BCUT2D eigenvalue weighted by atomic mass is 32.2. The van der Waals surface area contributed by atoms with Crippen LogP contribution in [0.2, 0.25) is 0 Å². The molecule has 0 unspecified atom stereocenters. The van der Waals surface area contributed by atoms with Crippen molar-refractivity contribution in [3.63, 3.8) is 0 Å². The van der Waals surface area contributed by atoms with Gasteiger partial charge in [-0.15, -0.1) is 0 Å². The number of carbonyl (C=O) groups is 1. The summed E-state index contributed by atoms with van der Waals surface area (Å²) in [7, 11) is -1.93. The zero-order valence-electron chi connectivity index (χ0n) is 10.6. The summed E-state index contributed by atoms with van der Waals surface area (Å²) in [5.41, 5.74) is -0.706. The van der Waals surface area contributed by atoms with Crippen LogP contribution in [0.1, 0.15) is 25.7 Å². The molecule has 104 valence electrons. The van der Waals surface area contributed by atoms with Gasteiger partial charge < -0.3 is 10.1 Å². The Labute approximate surface area is 108 Å². The molecule has 0 atom stereocenters. The van der Waals surface area contributed by atoms with E-state index in [2.05, 4.69) is 10.0 Å². The van der Waals surface area contributed by atoms with Crippen molar-refractivity contribution in [2.45, 2.75) is 30.9 Å². The van der Waals surface area contributed by atoms with E-state index >= 15 is 0 Å². The summed E-state index contributed by atoms with van der Waals surface area (Å²) in [6.45, 7) is 1.68. The van der Waals surface area contributed by atoms with Crippen LogP contribution >= 0.6 is 0 Å². The van der Waals surface area contributed by atoms with Crippen LogP contribution in [0.15, 0.2) is 0 Å². The first-order valence-electron chi connectivity index (χ1n) is 6.26. The first-order valence-corrected chi connectivity index (χ1v) is 7.80. The smallest absolute Gasteiger partial charge is 0.242 e. The number of nitrogens with one attached hydrogen (secondary N) is 2. The molecule has 1 aliphatic heterocycles. The monoisotopic (exact) mass is 276 g/mol. The maximum absolute atomic E-state index is 12.3. The normalized spacial score (nSPS) is 23.6. The molecule has 0 spiro atoms. The van der Waals surface area contributed by atoms with Gasteiger partial charge in [0.05, 0.1) is 17.3 Å². The number of ether oxygens (including phenoxy) is 1. The molecule has 0 bridgehead atoms. The van der Waals surface area contributed by atoms with Crippen molar-refractivity contribution in [1.82, 2.24) is 10.0 Å². The molecule has 1 heterocycles. The summed E-state index contributed by atoms with van der Waals surface area (Å²) < 4.78 is 31.0. The van der Waals surface area contributed by atoms with Crippen molar-refractivity contribution in [3.05, 3.63) is 0 Å². The van der Waals surface area contributed by atoms with Gasteiger partial charge in [-0.2, -0.15) is 0 Å². The molecular formula is C11H20N2O4S. The summed E-state index contributed by atoms with van der Waals surface area (Å²) in [5, 5.41) is 2.79. The molecule has 0 radical (unpaired) electrons. The molecule has 1 amide bonds. The number of rotatable bonds is 5. The Balaban J connectivity index is 2.08. The molecule has 2 N–H and O–H groups in total. The predicted molar refractivity (Wildman–Crippen MR) is 66.5 cm³/mol. The predicted octanol–water partition coefficient (Wildman–Crippen LogP) is -0.389. The lowest BCUT2D eigenvalue weighted by molar-refractivity contribution is -0.134. The highest BCUT2D eigenvalue weighted by molar-refractivity contribution is 7.90. The van der Waals surface area contributed by atoms with Crippen molar-refractivity contribution in [3.8, 4) is 0 Å². The van der Waals surface area contributed by atoms with E-state index in [1.54, 1.807) is 0 Å². The fourth-order valence-corrected chi connectivity index (χ4v) is 3.72. The van der Waals surface area contributed by atoms with Crippen molar-refractivity contribution in [2.24, 2.45) is 5.41 Å². The fourth-order valence-electron chi connectivity index (χ4n) is 2.32. The number of sulfonamides is 1. The molecule has 1 saturated carbocycles. The molecule has 2 fully saturated rings. The Bertz CT molecular complexity index is 405. The van der Waals surface area contributed by atoms with Gasteiger partial charge in [-0.05, 0) is 38.8 Å². The molecule has 18 heavy (non-hydrogen) atoms. The minimum Gasteiger partial charge on any atom is -0.384 e. The molecule has 0 aromatic rings. The van der Waals surface area contributed by atoms with Gasteiger partial charge in [-0.1, -0.05) is 0 Å². The van der Waals surface area contributed by atoms with Gasteiger partial charge >= 0.3 is 0 Å². The maximum atomic E-state index is 12.3. The Hall–Kier alpha value is -0.660. The van der Waals surface area contributed by atoms with Crippen molar-refractivity contribution in [1.29, 1.82) is 0 Å². The zero-order chi connectivity index (χ0) is 13.2. The third-order valence-electron chi connectivity index (χ3n) is 3.66. The summed E-state index contributed by atoms with van der Waals surface area (Å²) in [4.78, 5) is 12.3. The molecular weight excluding hydrogens is 256 g/mol. The lowest BCUT2D eigenvalue weighted by atomic mass is 9.79. The van der Waals surface area contributed by atoms with Crippen LogP contribution < -0.4 is 10.0 Å². The topological polar surface area (TPSA) is 84.5 Å². The molecule has 6 nitrogen and oxygen atoms in total. The second-order valence-corrected chi connectivity index (χ2v) is 7.10. The molecule has 2 rings (SSSR count). The number of carbonyl (C=O) groups excluding carboxylic acids is 1. The summed E-state index contributed by atoms with van der Waals surface area (Å²) in [6.07, 6.45) is 2.52.